The first-order valence-corrected chi connectivity index (χ1v) is 11.6. The minimum absolute atomic E-state index is 0.0263. The van der Waals surface area contributed by atoms with Crippen LogP contribution >= 0.6 is 23.5 Å². The fourth-order valence-corrected chi connectivity index (χ4v) is 5.19. The fourth-order valence-electron chi connectivity index (χ4n) is 2.14. The van der Waals surface area contributed by atoms with Gasteiger partial charge in [-0.3, -0.25) is 9.09 Å². The summed E-state index contributed by atoms with van der Waals surface area (Å²) in [6.07, 6.45) is 0.456. The fraction of sp³-hybridized carbons (Fsp3) is 0.556. The molecule has 4 atom stereocenters. The Hall–Kier alpha value is -0.950. The monoisotopic (exact) mass is 451 g/mol. The van der Waals surface area contributed by atoms with Crippen molar-refractivity contribution in [2.75, 3.05) is 12.3 Å². The summed E-state index contributed by atoms with van der Waals surface area (Å²) in [4.78, 5) is 50.6. The van der Waals surface area contributed by atoms with Crippen LogP contribution in [0.25, 0.3) is 0 Å². The summed E-state index contributed by atoms with van der Waals surface area (Å²) in [5, 5.41) is 0. The van der Waals surface area contributed by atoms with Gasteiger partial charge in [0.05, 0.1) is 12.7 Å². The standard InChI is InChI=1S/C9H16N3O12P3/c10-7-3-4-12(9(13)11-7)8-2-1-6(22-8)5-21-26(17,18)24-27(19,20)23-25(14,15)16/h3-4,6,8H,1-2,5H2,(H,17,18)(H,19,20)(H2,10,11,13)(H2,14,15,16)/t6-,8+/m1/s1. The van der Waals surface area contributed by atoms with Crippen molar-refractivity contribution >= 4 is 29.3 Å². The number of hydrogen-bond donors (Lipinski definition) is 5. The van der Waals surface area contributed by atoms with Gasteiger partial charge in [-0.15, -0.1) is 0 Å². The Labute approximate surface area is 151 Å². The number of rotatable bonds is 8. The molecule has 0 aromatic carbocycles. The number of nitrogens with two attached hydrogens (primary N) is 1. The van der Waals surface area contributed by atoms with Gasteiger partial charge in [0.15, 0.2) is 0 Å². The summed E-state index contributed by atoms with van der Waals surface area (Å²) in [6.45, 7) is -0.586. The highest BCUT2D eigenvalue weighted by Crippen LogP contribution is 2.66. The second kappa shape index (κ2) is 8.19. The second-order valence-corrected chi connectivity index (χ2v) is 9.64. The lowest BCUT2D eigenvalue weighted by molar-refractivity contribution is -0.0242. The quantitative estimate of drug-likeness (QED) is 0.324. The highest BCUT2D eigenvalue weighted by Gasteiger charge is 2.41. The van der Waals surface area contributed by atoms with E-state index in [0.717, 1.165) is 4.57 Å². The van der Waals surface area contributed by atoms with Gasteiger partial charge in [-0.25, -0.2) is 18.5 Å². The van der Waals surface area contributed by atoms with Crippen molar-refractivity contribution < 1.29 is 51.2 Å². The summed E-state index contributed by atoms with van der Waals surface area (Å²) < 4.78 is 51.6. The van der Waals surface area contributed by atoms with Crippen LogP contribution in [0.2, 0.25) is 0 Å². The normalized spacial score (nSPS) is 25.0. The van der Waals surface area contributed by atoms with Gasteiger partial charge in [-0.05, 0) is 18.9 Å². The SMILES string of the molecule is Nc1ccn([C@@H]2CC[C@H](COP(=O)(O)OP(=O)(O)OP(=O)(O)O)O2)c(=O)n1. The molecule has 1 aromatic heterocycles. The molecule has 2 unspecified atom stereocenters. The van der Waals surface area contributed by atoms with Crippen LogP contribution in [-0.4, -0.2) is 41.8 Å². The Balaban J connectivity index is 1.91. The number of ether oxygens (including phenoxy) is 1. The van der Waals surface area contributed by atoms with Gasteiger partial charge in [-0.1, -0.05) is 0 Å². The molecule has 2 rings (SSSR count). The van der Waals surface area contributed by atoms with Gasteiger partial charge < -0.3 is 30.0 Å². The Bertz CT molecular complexity index is 882. The van der Waals surface area contributed by atoms with E-state index in [1.54, 1.807) is 0 Å². The smallest absolute Gasteiger partial charge is 0.383 e. The molecular weight excluding hydrogens is 435 g/mol. The van der Waals surface area contributed by atoms with Crippen LogP contribution in [0.3, 0.4) is 0 Å². The maximum Gasteiger partial charge on any atom is 0.490 e. The lowest BCUT2D eigenvalue weighted by atomic mass is 10.2. The number of nitrogens with zero attached hydrogens (tertiary/aromatic N) is 2. The molecule has 1 aliphatic rings. The van der Waals surface area contributed by atoms with E-state index >= 15 is 0 Å². The van der Waals surface area contributed by atoms with Gasteiger partial charge in [0, 0.05) is 6.20 Å². The zero-order valence-electron chi connectivity index (χ0n) is 13.3. The third-order valence-electron chi connectivity index (χ3n) is 3.09. The van der Waals surface area contributed by atoms with E-state index in [-0.39, 0.29) is 12.2 Å². The van der Waals surface area contributed by atoms with Crippen LogP contribution in [0.4, 0.5) is 5.82 Å². The summed E-state index contributed by atoms with van der Waals surface area (Å²) in [5.41, 5.74) is 4.72. The largest absolute Gasteiger partial charge is 0.490 e. The zero-order valence-corrected chi connectivity index (χ0v) is 16.0. The molecule has 1 aromatic rings. The average Bonchev–Trinajstić information content (AvgIpc) is 2.90. The highest BCUT2D eigenvalue weighted by molar-refractivity contribution is 7.66. The predicted octanol–water partition coefficient (Wildman–Crippen LogP) is -0.154. The molecule has 0 amide bonds. The third kappa shape index (κ3) is 7.18. The van der Waals surface area contributed by atoms with E-state index in [4.69, 9.17) is 25.2 Å². The van der Waals surface area contributed by atoms with Gasteiger partial charge in [-0.2, -0.15) is 13.6 Å². The van der Waals surface area contributed by atoms with E-state index < -0.39 is 48.1 Å². The van der Waals surface area contributed by atoms with Gasteiger partial charge in [0.2, 0.25) is 0 Å². The molecule has 27 heavy (non-hydrogen) atoms. The number of phosphoric acid groups is 3. The summed E-state index contributed by atoms with van der Waals surface area (Å²) in [5.74, 6) is 0.0263. The number of aromatic nitrogens is 2. The molecule has 2 heterocycles. The molecule has 15 nitrogen and oxygen atoms in total. The van der Waals surface area contributed by atoms with Crippen LogP contribution in [0.5, 0.6) is 0 Å². The first-order chi connectivity index (χ1) is 12.3. The minimum atomic E-state index is -5.58. The maximum absolute atomic E-state index is 11.7. The minimum Gasteiger partial charge on any atom is -0.383 e. The predicted molar refractivity (Wildman–Crippen MR) is 85.9 cm³/mol. The van der Waals surface area contributed by atoms with E-state index in [0.29, 0.717) is 6.42 Å². The van der Waals surface area contributed by atoms with Crippen LogP contribution in [-0.2, 0) is 31.6 Å². The van der Waals surface area contributed by atoms with E-state index in [1.807, 2.05) is 0 Å². The first-order valence-electron chi connectivity index (χ1n) is 7.05. The molecule has 0 aliphatic carbocycles. The Morgan fingerprint density at radius 1 is 1.19 bits per heavy atom. The van der Waals surface area contributed by atoms with E-state index in [2.05, 4.69) is 18.1 Å². The van der Waals surface area contributed by atoms with Gasteiger partial charge >= 0.3 is 29.2 Å². The number of nitrogen functional groups attached to an aromatic ring is 1. The summed E-state index contributed by atoms with van der Waals surface area (Å²) in [7, 11) is -16.3. The molecule has 0 saturated carbocycles. The van der Waals surface area contributed by atoms with Gasteiger partial charge in [0.1, 0.15) is 12.0 Å². The highest BCUT2D eigenvalue weighted by atomic mass is 31.3. The van der Waals surface area contributed by atoms with Crippen LogP contribution < -0.4 is 11.4 Å². The second-order valence-electron chi connectivity index (χ2n) is 5.22. The molecule has 154 valence electrons. The number of anilines is 1. The van der Waals surface area contributed by atoms with Crippen molar-refractivity contribution in [2.24, 2.45) is 0 Å². The maximum atomic E-state index is 11.7. The van der Waals surface area contributed by atoms with Crippen molar-refractivity contribution in [3.63, 3.8) is 0 Å². The summed E-state index contributed by atoms with van der Waals surface area (Å²) >= 11 is 0. The van der Waals surface area contributed by atoms with Crippen molar-refractivity contribution in [3.8, 4) is 0 Å². The van der Waals surface area contributed by atoms with E-state index in [9.17, 15) is 23.4 Å². The molecule has 0 spiro atoms. The number of hydrogen-bond acceptors (Lipinski definition) is 10. The Kier molecular flexibility index (Phi) is 6.78. The van der Waals surface area contributed by atoms with E-state index in [1.165, 1.54) is 12.3 Å². The molecule has 0 radical (unpaired) electrons. The average molecular weight is 451 g/mol. The van der Waals surface area contributed by atoms with Gasteiger partial charge in [0.25, 0.3) is 0 Å². The molecule has 1 saturated heterocycles. The molecule has 6 N–H and O–H groups in total. The lowest BCUT2D eigenvalue weighted by Crippen LogP contribution is -2.27. The van der Waals surface area contributed by atoms with Crippen molar-refractivity contribution in [3.05, 3.63) is 22.7 Å². The molecule has 0 bridgehead atoms. The zero-order chi connectivity index (χ0) is 20.5. The van der Waals surface area contributed by atoms with Crippen molar-refractivity contribution in [2.45, 2.75) is 25.2 Å². The van der Waals surface area contributed by atoms with Crippen molar-refractivity contribution in [1.29, 1.82) is 0 Å². The Morgan fingerprint density at radius 3 is 2.44 bits per heavy atom. The molecule has 1 aliphatic heterocycles. The summed E-state index contributed by atoms with van der Waals surface area (Å²) in [6, 6.07) is 1.38. The first kappa shape index (κ1) is 22.3. The lowest BCUT2D eigenvalue weighted by Gasteiger charge is -2.18. The van der Waals surface area contributed by atoms with Crippen molar-refractivity contribution in [1.82, 2.24) is 9.55 Å². The van der Waals surface area contributed by atoms with Crippen LogP contribution in [0, 0.1) is 0 Å². The van der Waals surface area contributed by atoms with Crippen LogP contribution in [0.15, 0.2) is 17.1 Å². The number of phosphoric ester groups is 1. The van der Waals surface area contributed by atoms with Crippen LogP contribution in [0.1, 0.15) is 19.1 Å². The third-order valence-corrected chi connectivity index (χ3v) is 6.89. The molecule has 1 fully saturated rings. The topological polar surface area (TPSA) is 230 Å². The Morgan fingerprint density at radius 2 is 1.85 bits per heavy atom. The molecule has 18 heteroatoms. The molecular formula is C9H16N3O12P3.